The molecule has 0 saturated carbocycles. The average Bonchev–Trinajstić information content (AvgIpc) is 2.96. The van der Waals surface area contributed by atoms with Crippen LogP contribution in [-0.4, -0.2) is 25.7 Å². The standard InChI is InChI=1S/C18H19N5O/c1-5-13(24)21-16-14-15(12-9-7-6-8-10-12)22-23(18(2,3)4)17(14)20-11-19-16/h5-11H,1H2,2-4H3,(H,19,20,21,24). The minimum absolute atomic E-state index is 0.265. The Morgan fingerprint density at radius 3 is 2.54 bits per heavy atom. The monoisotopic (exact) mass is 321 g/mol. The highest BCUT2D eigenvalue weighted by atomic mass is 16.1. The van der Waals surface area contributed by atoms with Crippen LogP contribution in [0.4, 0.5) is 5.82 Å². The molecule has 2 heterocycles. The number of hydrogen-bond donors (Lipinski definition) is 1. The van der Waals surface area contributed by atoms with E-state index in [1.807, 2.05) is 35.0 Å². The van der Waals surface area contributed by atoms with E-state index in [1.54, 1.807) is 0 Å². The van der Waals surface area contributed by atoms with Gasteiger partial charge in [-0.05, 0) is 26.8 Å². The van der Waals surface area contributed by atoms with Crippen molar-refractivity contribution in [3.8, 4) is 11.3 Å². The summed E-state index contributed by atoms with van der Waals surface area (Å²) in [6, 6.07) is 9.79. The lowest BCUT2D eigenvalue weighted by Crippen LogP contribution is -2.23. The Morgan fingerprint density at radius 2 is 1.92 bits per heavy atom. The molecule has 3 aromatic rings. The minimum atomic E-state index is -0.322. The second-order valence-corrected chi connectivity index (χ2v) is 6.41. The van der Waals surface area contributed by atoms with Gasteiger partial charge in [0.05, 0.1) is 10.9 Å². The molecule has 0 saturated heterocycles. The van der Waals surface area contributed by atoms with Crippen LogP contribution in [0, 0.1) is 0 Å². The smallest absolute Gasteiger partial charge is 0.248 e. The van der Waals surface area contributed by atoms with E-state index in [0.717, 1.165) is 11.3 Å². The van der Waals surface area contributed by atoms with Crippen LogP contribution in [0.1, 0.15) is 20.8 Å². The van der Waals surface area contributed by atoms with Gasteiger partial charge in [0.1, 0.15) is 17.8 Å². The lowest BCUT2D eigenvalue weighted by molar-refractivity contribution is -0.111. The Morgan fingerprint density at radius 1 is 1.21 bits per heavy atom. The maximum Gasteiger partial charge on any atom is 0.248 e. The van der Waals surface area contributed by atoms with Gasteiger partial charge in [0.2, 0.25) is 5.91 Å². The van der Waals surface area contributed by atoms with Gasteiger partial charge in [-0.1, -0.05) is 36.9 Å². The summed E-state index contributed by atoms with van der Waals surface area (Å²) in [5.74, 6) is 0.108. The summed E-state index contributed by atoms with van der Waals surface area (Å²) in [7, 11) is 0. The molecule has 0 aliphatic carbocycles. The van der Waals surface area contributed by atoms with Crippen molar-refractivity contribution in [3.63, 3.8) is 0 Å². The van der Waals surface area contributed by atoms with Gasteiger partial charge in [0.15, 0.2) is 5.65 Å². The van der Waals surface area contributed by atoms with E-state index in [2.05, 4.69) is 42.6 Å². The van der Waals surface area contributed by atoms with Gasteiger partial charge < -0.3 is 5.32 Å². The summed E-state index contributed by atoms with van der Waals surface area (Å²) >= 11 is 0. The first-order chi connectivity index (χ1) is 11.4. The van der Waals surface area contributed by atoms with E-state index in [4.69, 9.17) is 5.10 Å². The highest BCUT2D eigenvalue weighted by Crippen LogP contribution is 2.33. The highest BCUT2D eigenvalue weighted by molar-refractivity contribution is 6.07. The van der Waals surface area contributed by atoms with Crippen molar-refractivity contribution in [2.45, 2.75) is 26.3 Å². The van der Waals surface area contributed by atoms with Crippen molar-refractivity contribution in [2.75, 3.05) is 5.32 Å². The van der Waals surface area contributed by atoms with Gasteiger partial charge in [-0.15, -0.1) is 0 Å². The summed E-state index contributed by atoms with van der Waals surface area (Å²) in [5, 5.41) is 8.23. The molecule has 0 bridgehead atoms. The van der Waals surface area contributed by atoms with Crippen LogP contribution >= 0.6 is 0 Å². The molecule has 1 aromatic carbocycles. The number of nitrogens with zero attached hydrogens (tertiary/aromatic N) is 4. The van der Waals surface area contributed by atoms with Crippen LogP contribution in [0.3, 0.4) is 0 Å². The highest BCUT2D eigenvalue weighted by Gasteiger charge is 2.24. The van der Waals surface area contributed by atoms with Crippen molar-refractivity contribution in [2.24, 2.45) is 0 Å². The number of carbonyl (C=O) groups excluding carboxylic acids is 1. The molecule has 0 radical (unpaired) electrons. The molecule has 2 aromatic heterocycles. The molecule has 24 heavy (non-hydrogen) atoms. The fraction of sp³-hybridized carbons (Fsp3) is 0.222. The summed E-state index contributed by atoms with van der Waals surface area (Å²) in [6.45, 7) is 9.65. The number of anilines is 1. The molecule has 1 N–H and O–H groups in total. The van der Waals surface area contributed by atoms with Crippen molar-refractivity contribution in [3.05, 3.63) is 49.3 Å². The first-order valence-corrected chi connectivity index (χ1v) is 7.65. The molecule has 6 heteroatoms. The van der Waals surface area contributed by atoms with Crippen LogP contribution in [-0.2, 0) is 10.3 Å². The molecule has 0 unspecified atom stereocenters. The second-order valence-electron chi connectivity index (χ2n) is 6.41. The van der Waals surface area contributed by atoms with E-state index >= 15 is 0 Å². The third-order valence-electron chi connectivity index (χ3n) is 3.57. The lowest BCUT2D eigenvalue weighted by atomic mass is 10.1. The molecule has 3 rings (SSSR count). The van der Waals surface area contributed by atoms with E-state index < -0.39 is 0 Å². The predicted molar refractivity (Wildman–Crippen MR) is 94.6 cm³/mol. The zero-order valence-corrected chi connectivity index (χ0v) is 13.9. The number of carbonyl (C=O) groups is 1. The molecule has 0 spiro atoms. The molecule has 0 aliphatic heterocycles. The summed E-state index contributed by atoms with van der Waals surface area (Å²) < 4.78 is 1.86. The number of aromatic nitrogens is 4. The first kappa shape index (κ1) is 15.9. The number of rotatable bonds is 3. The first-order valence-electron chi connectivity index (χ1n) is 7.65. The molecular formula is C18H19N5O. The van der Waals surface area contributed by atoms with Crippen LogP contribution in [0.25, 0.3) is 22.3 Å². The average molecular weight is 321 g/mol. The van der Waals surface area contributed by atoms with E-state index in [0.29, 0.717) is 16.9 Å². The third-order valence-corrected chi connectivity index (χ3v) is 3.57. The van der Waals surface area contributed by atoms with Crippen molar-refractivity contribution in [1.29, 1.82) is 0 Å². The predicted octanol–water partition coefficient (Wildman–Crippen LogP) is 3.37. The SMILES string of the molecule is C=CC(=O)Nc1ncnc2c1c(-c1ccccc1)nn2C(C)(C)C. The molecule has 0 aliphatic rings. The Kier molecular flexibility index (Phi) is 3.89. The maximum atomic E-state index is 11.8. The van der Waals surface area contributed by atoms with Crippen molar-refractivity contribution in [1.82, 2.24) is 19.7 Å². The third kappa shape index (κ3) is 2.78. The number of hydrogen-bond acceptors (Lipinski definition) is 4. The summed E-state index contributed by atoms with van der Waals surface area (Å²) in [5.41, 5.74) is 2.09. The van der Waals surface area contributed by atoms with Gasteiger partial charge in [0.25, 0.3) is 0 Å². The van der Waals surface area contributed by atoms with Crippen LogP contribution in [0.2, 0.25) is 0 Å². The Bertz CT molecular complexity index is 906. The van der Waals surface area contributed by atoms with Gasteiger partial charge in [0, 0.05) is 5.56 Å². The lowest BCUT2D eigenvalue weighted by Gasteiger charge is -2.19. The van der Waals surface area contributed by atoms with Gasteiger partial charge in [-0.2, -0.15) is 5.10 Å². The minimum Gasteiger partial charge on any atom is -0.306 e. The molecule has 0 fully saturated rings. The topological polar surface area (TPSA) is 72.7 Å². The molecule has 122 valence electrons. The van der Waals surface area contributed by atoms with E-state index in [-0.39, 0.29) is 11.4 Å². The Labute approximate surface area is 140 Å². The maximum absolute atomic E-state index is 11.8. The van der Waals surface area contributed by atoms with Gasteiger partial charge >= 0.3 is 0 Å². The van der Waals surface area contributed by atoms with Gasteiger partial charge in [-0.3, -0.25) is 4.79 Å². The number of nitrogens with one attached hydrogen (secondary N) is 1. The van der Waals surface area contributed by atoms with Gasteiger partial charge in [-0.25, -0.2) is 14.6 Å². The number of amides is 1. The zero-order chi connectivity index (χ0) is 17.3. The summed E-state index contributed by atoms with van der Waals surface area (Å²) in [4.78, 5) is 20.4. The number of benzene rings is 1. The largest absolute Gasteiger partial charge is 0.306 e. The van der Waals surface area contributed by atoms with E-state index in [1.165, 1.54) is 12.4 Å². The Hall–Kier alpha value is -3.02. The zero-order valence-electron chi connectivity index (χ0n) is 13.9. The van der Waals surface area contributed by atoms with E-state index in [9.17, 15) is 4.79 Å². The van der Waals surface area contributed by atoms with Crippen LogP contribution in [0.15, 0.2) is 49.3 Å². The summed E-state index contributed by atoms with van der Waals surface area (Å²) in [6.07, 6.45) is 2.64. The quantitative estimate of drug-likeness (QED) is 0.751. The van der Waals surface area contributed by atoms with Crippen LogP contribution < -0.4 is 5.32 Å². The molecule has 0 atom stereocenters. The Balaban J connectivity index is 2.33. The molecule has 1 amide bonds. The second kappa shape index (κ2) is 5.88. The fourth-order valence-corrected chi connectivity index (χ4v) is 2.48. The molecular weight excluding hydrogens is 302 g/mol. The van der Waals surface area contributed by atoms with Crippen molar-refractivity contribution < 1.29 is 4.79 Å². The van der Waals surface area contributed by atoms with Crippen molar-refractivity contribution >= 4 is 22.8 Å². The molecule has 6 nitrogen and oxygen atoms in total. The number of fused-ring (bicyclic) bond motifs is 1. The fourth-order valence-electron chi connectivity index (χ4n) is 2.48. The normalized spacial score (nSPS) is 11.5. The van der Waals surface area contributed by atoms with Crippen LogP contribution in [0.5, 0.6) is 0 Å².